The molecule has 0 spiro atoms. The monoisotopic (exact) mass is 468 g/mol. The predicted molar refractivity (Wildman–Crippen MR) is 127 cm³/mol. The molecule has 156 valence electrons. The second kappa shape index (κ2) is 9.56. The Morgan fingerprint density at radius 2 is 1.74 bits per heavy atom. The molecule has 8 heteroatoms. The van der Waals surface area contributed by atoms with Gasteiger partial charge in [-0.25, -0.2) is 0 Å². The summed E-state index contributed by atoms with van der Waals surface area (Å²) in [4.78, 5) is 12.5. The first-order valence-corrected chi connectivity index (χ1v) is 11.2. The molecule has 4 rings (SSSR count). The SMILES string of the molecule is Cc1ccc(NC(=O)CSc2nnc(-c3ccc(Cl)cc3)n2-c2ccccc2)cc1Cl. The Hall–Kier alpha value is -2.80. The van der Waals surface area contributed by atoms with Gasteiger partial charge in [-0.15, -0.1) is 10.2 Å². The lowest BCUT2D eigenvalue weighted by atomic mass is 10.2. The van der Waals surface area contributed by atoms with Crippen molar-refractivity contribution in [2.45, 2.75) is 12.1 Å². The van der Waals surface area contributed by atoms with Crippen LogP contribution in [-0.4, -0.2) is 26.4 Å². The number of halogens is 2. The molecule has 4 aromatic rings. The number of aromatic nitrogens is 3. The highest BCUT2D eigenvalue weighted by atomic mass is 35.5. The number of anilines is 1. The third-order valence-electron chi connectivity index (χ3n) is 4.54. The van der Waals surface area contributed by atoms with Crippen molar-refractivity contribution in [3.8, 4) is 17.1 Å². The lowest BCUT2D eigenvalue weighted by molar-refractivity contribution is -0.113. The number of nitrogens with one attached hydrogen (secondary N) is 1. The summed E-state index contributed by atoms with van der Waals surface area (Å²) in [6.45, 7) is 1.92. The third-order valence-corrected chi connectivity index (χ3v) is 6.13. The molecule has 1 aromatic heterocycles. The number of benzene rings is 3. The number of aryl methyl sites for hydroxylation is 1. The fourth-order valence-corrected chi connectivity index (χ4v) is 4.02. The van der Waals surface area contributed by atoms with Crippen LogP contribution in [-0.2, 0) is 4.79 Å². The summed E-state index contributed by atoms with van der Waals surface area (Å²) in [7, 11) is 0. The summed E-state index contributed by atoms with van der Waals surface area (Å²) >= 11 is 13.5. The number of rotatable bonds is 6. The van der Waals surface area contributed by atoms with Gasteiger partial charge in [-0.05, 0) is 61.0 Å². The van der Waals surface area contributed by atoms with E-state index < -0.39 is 0 Å². The number of nitrogens with zero attached hydrogens (tertiary/aromatic N) is 3. The fourth-order valence-electron chi connectivity index (χ4n) is 2.96. The summed E-state index contributed by atoms with van der Waals surface area (Å²) in [5, 5.41) is 13.5. The normalized spacial score (nSPS) is 10.8. The average Bonchev–Trinajstić information content (AvgIpc) is 3.20. The molecule has 31 heavy (non-hydrogen) atoms. The van der Waals surface area contributed by atoms with Crippen molar-refractivity contribution in [1.82, 2.24) is 14.8 Å². The van der Waals surface area contributed by atoms with Crippen LogP contribution in [0.2, 0.25) is 10.0 Å². The summed E-state index contributed by atoms with van der Waals surface area (Å²) in [5.41, 5.74) is 3.41. The van der Waals surface area contributed by atoms with Gasteiger partial charge >= 0.3 is 0 Å². The quantitative estimate of drug-likeness (QED) is 0.338. The highest BCUT2D eigenvalue weighted by molar-refractivity contribution is 7.99. The molecular weight excluding hydrogens is 451 g/mol. The second-order valence-electron chi connectivity index (χ2n) is 6.78. The Morgan fingerprint density at radius 3 is 2.45 bits per heavy atom. The lowest BCUT2D eigenvalue weighted by Crippen LogP contribution is -2.14. The zero-order valence-corrected chi connectivity index (χ0v) is 18.9. The zero-order valence-electron chi connectivity index (χ0n) is 16.5. The van der Waals surface area contributed by atoms with Gasteiger partial charge in [-0.3, -0.25) is 9.36 Å². The number of hydrogen-bond acceptors (Lipinski definition) is 4. The molecule has 0 saturated carbocycles. The van der Waals surface area contributed by atoms with Crippen LogP contribution in [0.25, 0.3) is 17.1 Å². The molecule has 0 bridgehead atoms. The molecule has 5 nitrogen and oxygen atoms in total. The van der Waals surface area contributed by atoms with E-state index in [2.05, 4.69) is 15.5 Å². The summed E-state index contributed by atoms with van der Waals surface area (Å²) < 4.78 is 1.93. The molecule has 0 fully saturated rings. The largest absolute Gasteiger partial charge is 0.325 e. The number of carbonyl (C=O) groups is 1. The van der Waals surface area contributed by atoms with Gasteiger partial charge in [0.25, 0.3) is 0 Å². The van der Waals surface area contributed by atoms with Crippen molar-refractivity contribution in [2.24, 2.45) is 0 Å². The first-order chi connectivity index (χ1) is 15.0. The molecule has 3 aromatic carbocycles. The predicted octanol–water partition coefficient (Wildman–Crippen LogP) is 6.28. The van der Waals surface area contributed by atoms with Crippen molar-refractivity contribution in [1.29, 1.82) is 0 Å². The topological polar surface area (TPSA) is 59.8 Å². The lowest BCUT2D eigenvalue weighted by Gasteiger charge is -2.11. The Balaban J connectivity index is 1.57. The number of amides is 1. The molecule has 0 unspecified atom stereocenters. The van der Waals surface area contributed by atoms with E-state index in [0.29, 0.717) is 26.7 Å². The van der Waals surface area contributed by atoms with Crippen LogP contribution in [0.3, 0.4) is 0 Å². The maximum atomic E-state index is 12.5. The first kappa shape index (κ1) is 21.4. The van der Waals surface area contributed by atoms with Crippen LogP contribution in [0.5, 0.6) is 0 Å². The van der Waals surface area contributed by atoms with Gasteiger partial charge in [0.05, 0.1) is 5.75 Å². The minimum absolute atomic E-state index is 0.152. The van der Waals surface area contributed by atoms with Gasteiger partial charge in [-0.2, -0.15) is 0 Å². The molecule has 0 aliphatic rings. The molecule has 1 heterocycles. The van der Waals surface area contributed by atoms with Crippen LogP contribution in [0.1, 0.15) is 5.56 Å². The van der Waals surface area contributed by atoms with E-state index in [1.165, 1.54) is 11.8 Å². The maximum Gasteiger partial charge on any atom is 0.234 e. The Bertz CT molecular complexity index is 1210. The standard InChI is InChI=1S/C23H18Cl2N4OS/c1-15-7-12-18(13-20(15)25)26-21(30)14-31-23-28-27-22(16-8-10-17(24)11-9-16)29(23)19-5-3-2-4-6-19/h2-13H,14H2,1H3,(H,26,30). The van der Waals surface area contributed by atoms with Crippen LogP contribution >= 0.6 is 35.0 Å². The summed E-state index contributed by atoms with van der Waals surface area (Å²) in [6, 6.07) is 22.6. The summed E-state index contributed by atoms with van der Waals surface area (Å²) in [5.74, 6) is 0.702. The molecule has 1 N–H and O–H groups in total. The van der Waals surface area contributed by atoms with Crippen molar-refractivity contribution < 1.29 is 4.79 Å². The first-order valence-electron chi connectivity index (χ1n) is 9.47. The van der Waals surface area contributed by atoms with Gasteiger partial charge in [0.15, 0.2) is 11.0 Å². The van der Waals surface area contributed by atoms with E-state index >= 15 is 0 Å². The van der Waals surface area contributed by atoms with Crippen LogP contribution in [0.15, 0.2) is 78.0 Å². The van der Waals surface area contributed by atoms with E-state index in [4.69, 9.17) is 23.2 Å². The average molecular weight is 469 g/mol. The van der Waals surface area contributed by atoms with E-state index in [1.807, 2.05) is 78.2 Å². The Kier molecular flexibility index (Phi) is 6.61. The van der Waals surface area contributed by atoms with E-state index in [0.717, 1.165) is 16.8 Å². The molecule has 0 aliphatic carbocycles. The van der Waals surface area contributed by atoms with Gasteiger partial charge < -0.3 is 5.32 Å². The molecule has 1 amide bonds. The van der Waals surface area contributed by atoms with Crippen molar-refractivity contribution >= 4 is 46.6 Å². The minimum atomic E-state index is -0.152. The third kappa shape index (κ3) is 5.10. The van der Waals surface area contributed by atoms with Gasteiger partial charge in [0.1, 0.15) is 0 Å². The van der Waals surface area contributed by atoms with Crippen molar-refractivity contribution in [2.75, 3.05) is 11.1 Å². The van der Waals surface area contributed by atoms with Crippen LogP contribution < -0.4 is 5.32 Å². The smallest absolute Gasteiger partial charge is 0.234 e. The number of hydrogen-bond donors (Lipinski definition) is 1. The number of carbonyl (C=O) groups excluding carboxylic acids is 1. The summed E-state index contributed by atoms with van der Waals surface area (Å²) in [6.07, 6.45) is 0. The number of para-hydroxylation sites is 1. The molecule has 0 saturated heterocycles. The van der Waals surface area contributed by atoms with Crippen molar-refractivity contribution in [3.05, 3.63) is 88.4 Å². The van der Waals surface area contributed by atoms with E-state index in [-0.39, 0.29) is 11.7 Å². The molecular formula is C23H18Cl2N4OS. The fraction of sp³-hybridized carbons (Fsp3) is 0.0870. The van der Waals surface area contributed by atoms with Crippen LogP contribution in [0, 0.1) is 6.92 Å². The van der Waals surface area contributed by atoms with Gasteiger partial charge in [-0.1, -0.05) is 59.2 Å². The minimum Gasteiger partial charge on any atom is -0.325 e. The highest BCUT2D eigenvalue weighted by Gasteiger charge is 2.17. The van der Waals surface area contributed by atoms with Gasteiger partial charge in [0.2, 0.25) is 5.91 Å². The highest BCUT2D eigenvalue weighted by Crippen LogP contribution is 2.29. The van der Waals surface area contributed by atoms with E-state index in [9.17, 15) is 4.79 Å². The zero-order chi connectivity index (χ0) is 21.8. The van der Waals surface area contributed by atoms with Crippen molar-refractivity contribution in [3.63, 3.8) is 0 Å². The van der Waals surface area contributed by atoms with E-state index in [1.54, 1.807) is 6.07 Å². The maximum absolute atomic E-state index is 12.5. The molecule has 0 aliphatic heterocycles. The molecule has 0 radical (unpaired) electrons. The number of thioether (sulfide) groups is 1. The molecule has 0 atom stereocenters. The second-order valence-corrected chi connectivity index (χ2v) is 8.57. The van der Waals surface area contributed by atoms with Crippen LogP contribution in [0.4, 0.5) is 5.69 Å². The Labute approximate surface area is 194 Å². The Morgan fingerprint density at radius 1 is 1.00 bits per heavy atom. The van der Waals surface area contributed by atoms with Gasteiger partial charge in [0, 0.05) is 27.0 Å².